The molecule has 1 N–H and O–H groups in total. The molecule has 1 aliphatic heterocycles. The number of hydrogen-bond acceptors (Lipinski definition) is 3. The average Bonchev–Trinajstić information content (AvgIpc) is 3.05. The lowest BCUT2D eigenvalue weighted by atomic mass is 10.1. The number of anilines is 1. The zero-order chi connectivity index (χ0) is 14.1. The summed E-state index contributed by atoms with van der Waals surface area (Å²) in [4.78, 5) is 14.2. The van der Waals surface area contributed by atoms with Crippen molar-refractivity contribution in [2.45, 2.75) is 13.0 Å². The van der Waals surface area contributed by atoms with E-state index < -0.39 is 0 Å². The Bertz CT molecular complexity index is 657. The predicted octanol–water partition coefficient (Wildman–Crippen LogP) is 2.50. The van der Waals surface area contributed by atoms with Crippen molar-refractivity contribution in [2.75, 3.05) is 18.9 Å². The van der Waals surface area contributed by atoms with Gasteiger partial charge in [0.25, 0.3) is 5.91 Å². The van der Waals surface area contributed by atoms with Crippen LogP contribution in [0.4, 0.5) is 5.69 Å². The van der Waals surface area contributed by atoms with Gasteiger partial charge in [-0.25, -0.2) is 0 Å². The molecular weight excluding hydrogens is 323 g/mol. The van der Waals surface area contributed by atoms with Gasteiger partial charge in [-0.3, -0.25) is 9.48 Å². The van der Waals surface area contributed by atoms with E-state index in [4.69, 9.17) is 0 Å². The summed E-state index contributed by atoms with van der Waals surface area (Å²) in [5.41, 5.74) is 4.16. The first-order valence-electron chi connectivity index (χ1n) is 6.73. The van der Waals surface area contributed by atoms with Crippen LogP contribution >= 0.6 is 24.8 Å². The van der Waals surface area contributed by atoms with E-state index in [0.29, 0.717) is 6.54 Å². The third-order valence-corrected chi connectivity index (χ3v) is 3.59. The standard InChI is InChI=1S/C15H18N4O.2ClH/c1-18(9-11-8-17-19(2)10-11)15(20)13-3-4-14-12(7-13)5-6-16-14;;/h3-4,7-8,10,16H,5-6,9H2,1-2H3;2*1H. The molecule has 3 rings (SSSR count). The highest BCUT2D eigenvalue weighted by Crippen LogP contribution is 2.23. The molecule has 0 atom stereocenters. The molecular formula is C15H20Cl2N4O. The molecule has 0 saturated heterocycles. The molecule has 0 aliphatic carbocycles. The van der Waals surface area contributed by atoms with Crippen molar-refractivity contribution in [2.24, 2.45) is 7.05 Å². The Labute approximate surface area is 142 Å². The Balaban J connectivity index is 0.00000121. The van der Waals surface area contributed by atoms with Gasteiger partial charge in [-0.15, -0.1) is 24.8 Å². The zero-order valence-electron chi connectivity index (χ0n) is 12.6. The summed E-state index contributed by atoms with van der Waals surface area (Å²) in [6.45, 7) is 1.53. The second-order valence-electron chi connectivity index (χ2n) is 5.23. The van der Waals surface area contributed by atoms with Crippen molar-refractivity contribution in [3.8, 4) is 0 Å². The second-order valence-corrected chi connectivity index (χ2v) is 5.23. The largest absolute Gasteiger partial charge is 0.384 e. The number of aromatic nitrogens is 2. The normalized spacial score (nSPS) is 11.7. The van der Waals surface area contributed by atoms with Crippen LogP contribution in [0.5, 0.6) is 0 Å². The van der Waals surface area contributed by atoms with E-state index in [1.54, 1.807) is 15.8 Å². The van der Waals surface area contributed by atoms with Crippen molar-refractivity contribution in [3.05, 3.63) is 47.3 Å². The van der Waals surface area contributed by atoms with Gasteiger partial charge >= 0.3 is 0 Å². The Morgan fingerprint density at radius 2 is 2.18 bits per heavy atom. The quantitative estimate of drug-likeness (QED) is 0.932. The molecule has 1 aromatic heterocycles. The van der Waals surface area contributed by atoms with Crippen LogP contribution in [0.15, 0.2) is 30.6 Å². The third-order valence-electron chi connectivity index (χ3n) is 3.59. The van der Waals surface area contributed by atoms with Gasteiger partial charge in [-0.2, -0.15) is 5.10 Å². The molecule has 7 heteroatoms. The smallest absolute Gasteiger partial charge is 0.253 e. The maximum atomic E-state index is 12.4. The molecule has 0 bridgehead atoms. The number of nitrogens with one attached hydrogen (secondary N) is 1. The molecule has 2 heterocycles. The van der Waals surface area contributed by atoms with E-state index in [1.807, 2.05) is 38.5 Å². The number of amides is 1. The van der Waals surface area contributed by atoms with Gasteiger partial charge in [0.05, 0.1) is 6.20 Å². The van der Waals surface area contributed by atoms with Gasteiger partial charge in [0.2, 0.25) is 0 Å². The molecule has 0 saturated carbocycles. The number of carbonyl (C=O) groups excluding carboxylic acids is 1. The lowest BCUT2D eigenvalue weighted by Gasteiger charge is -2.16. The molecule has 1 aromatic carbocycles. The highest BCUT2D eigenvalue weighted by Gasteiger charge is 2.16. The molecule has 0 radical (unpaired) electrons. The number of rotatable bonds is 3. The minimum Gasteiger partial charge on any atom is -0.384 e. The van der Waals surface area contributed by atoms with Gasteiger partial charge in [0.1, 0.15) is 0 Å². The van der Waals surface area contributed by atoms with Crippen molar-refractivity contribution in [1.29, 1.82) is 0 Å². The van der Waals surface area contributed by atoms with E-state index in [0.717, 1.165) is 29.8 Å². The fraction of sp³-hybridized carbons (Fsp3) is 0.333. The summed E-state index contributed by atoms with van der Waals surface area (Å²) in [6.07, 6.45) is 4.70. The van der Waals surface area contributed by atoms with Gasteiger partial charge in [-0.1, -0.05) is 0 Å². The molecule has 0 unspecified atom stereocenters. The minimum atomic E-state index is 0. The molecule has 1 aliphatic rings. The number of nitrogens with zero attached hydrogens (tertiary/aromatic N) is 3. The van der Waals surface area contributed by atoms with Crippen molar-refractivity contribution in [1.82, 2.24) is 14.7 Å². The number of fused-ring (bicyclic) bond motifs is 1. The second kappa shape index (κ2) is 7.51. The molecule has 5 nitrogen and oxygen atoms in total. The number of aryl methyl sites for hydroxylation is 1. The Kier molecular flexibility index (Phi) is 6.26. The van der Waals surface area contributed by atoms with E-state index in [-0.39, 0.29) is 30.7 Å². The summed E-state index contributed by atoms with van der Waals surface area (Å²) < 4.78 is 1.74. The fourth-order valence-corrected chi connectivity index (χ4v) is 2.56. The van der Waals surface area contributed by atoms with Gasteiger partial charge in [0, 0.05) is 50.2 Å². The fourth-order valence-electron chi connectivity index (χ4n) is 2.56. The number of benzene rings is 1. The van der Waals surface area contributed by atoms with E-state index in [2.05, 4.69) is 10.4 Å². The van der Waals surface area contributed by atoms with Gasteiger partial charge < -0.3 is 10.2 Å². The van der Waals surface area contributed by atoms with Crippen LogP contribution < -0.4 is 5.32 Å². The average molecular weight is 343 g/mol. The Hall–Kier alpha value is -1.72. The summed E-state index contributed by atoms with van der Waals surface area (Å²) in [7, 11) is 3.69. The van der Waals surface area contributed by atoms with E-state index in [9.17, 15) is 4.79 Å². The maximum Gasteiger partial charge on any atom is 0.253 e. The Morgan fingerprint density at radius 3 is 2.86 bits per heavy atom. The lowest BCUT2D eigenvalue weighted by Crippen LogP contribution is -2.26. The van der Waals surface area contributed by atoms with Crippen molar-refractivity contribution >= 4 is 36.4 Å². The van der Waals surface area contributed by atoms with Crippen molar-refractivity contribution < 1.29 is 4.79 Å². The van der Waals surface area contributed by atoms with Crippen LogP contribution in [-0.2, 0) is 20.0 Å². The van der Waals surface area contributed by atoms with Crippen LogP contribution in [0, 0.1) is 0 Å². The highest BCUT2D eigenvalue weighted by atomic mass is 35.5. The van der Waals surface area contributed by atoms with Crippen LogP contribution in [0.1, 0.15) is 21.5 Å². The monoisotopic (exact) mass is 342 g/mol. The molecule has 0 spiro atoms. The minimum absolute atomic E-state index is 0. The Morgan fingerprint density at radius 1 is 1.41 bits per heavy atom. The van der Waals surface area contributed by atoms with Crippen LogP contribution in [0.3, 0.4) is 0 Å². The molecule has 22 heavy (non-hydrogen) atoms. The first-order chi connectivity index (χ1) is 9.63. The van der Waals surface area contributed by atoms with Gasteiger partial charge in [-0.05, 0) is 30.2 Å². The molecule has 0 fully saturated rings. The molecule has 1 amide bonds. The van der Waals surface area contributed by atoms with Crippen molar-refractivity contribution in [3.63, 3.8) is 0 Å². The third kappa shape index (κ3) is 3.72. The number of carbonyl (C=O) groups is 1. The first kappa shape index (κ1) is 18.3. The topological polar surface area (TPSA) is 50.2 Å². The van der Waals surface area contributed by atoms with Crippen LogP contribution in [-0.4, -0.2) is 34.2 Å². The predicted molar refractivity (Wildman–Crippen MR) is 92.1 cm³/mol. The molecule has 120 valence electrons. The summed E-state index contributed by atoms with van der Waals surface area (Å²) >= 11 is 0. The van der Waals surface area contributed by atoms with Crippen LogP contribution in [0.2, 0.25) is 0 Å². The van der Waals surface area contributed by atoms with Crippen LogP contribution in [0.25, 0.3) is 0 Å². The zero-order valence-corrected chi connectivity index (χ0v) is 14.2. The maximum absolute atomic E-state index is 12.4. The summed E-state index contributed by atoms with van der Waals surface area (Å²) in [5, 5.41) is 7.42. The summed E-state index contributed by atoms with van der Waals surface area (Å²) in [6, 6.07) is 5.88. The lowest BCUT2D eigenvalue weighted by molar-refractivity contribution is 0.0785. The number of hydrogen-bond donors (Lipinski definition) is 1. The molecule has 2 aromatic rings. The van der Waals surface area contributed by atoms with Gasteiger partial charge in [0.15, 0.2) is 0 Å². The SMILES string of the molecule is CN(Cc1cnn(C)c1)C(=O)c1ccc2c(c1)CCN2.Cl.Cl. The highest BCUT2D eigenvalue weighted by molar-refractivity contribution is 5.94. The number of halogens is 2. The first-order valence-corrected chi connectivity index (χ1v) is 6.73. The van der Waals surface area contributed by atoms with E-state index in [1.165, 1.54) is 5.56 Å². The summed E-state index contributed by atoms with van der Waals surface area (Å²) in [5.74, 6) is 0.0450. The van der Waals surface area contributed by atoms with E-state index >= 15 is 0 Å².